The van der Waals surface area contributed by atoms with Crippen LogP contribution in [0.5, 0.6) is 0 Å². The lowest BCUT2D eigenvalue weighted by Crippen LogP contribution is -2.52. The minimum Gasteiger partial charge on any atom is -0.310 e. The lowest BCUT2D eigenvalue weighted by molar-refractivity contribution is 0.0985. The largest absolute Gasteiger partial charge is 0.310 e. The number of hydrogen-bond donors (Lipinski definition) is 1. The summed E-state index contributed by atoms with van der Waals surface area (Å²) >= 11 is 8.90. The van der Waals surface area contributed by atoms with Gasteiger partial charge in [0, 0.05) is 28.0 Å². The van der Waals surface area contributed by atoms with Crippen molar-refractivity contribution in [2.75, 3.05) is 20.6 Å². The molecular weight excluding hydrogens is 388 g/mol. The van der Waals surface area contributed by atoms with E-state index in [9.17, 15) is 0 Å². The smallest absolute Gasteiger partial charge is 0.0843 e. The van der Waals surface area contributed by atoms with Crippen LogP contribution in [-0.4, -0.2) is 31.1 Å². The van der Waals surface area contributed by atoms with Crippen molar-refractivity contribution >= 4 is 43.2 Å². The Labute approximate surface area is 137 Å². The van der Waals surface area contributed by atoms with Crippen molar-refractivity contribution in [1.82, 2.24) is 10.2 Å². The van der Waals surface area contributed by atoms with E-state index in [1.54, 1.807) is 11.3 Å². The van der Waals surface area contributed by atoms with Crippen LogP contribution in [0.3, 0.4) is 0 Å². The zero-order valence-corrected chi connectivity index (χ0v) is 15.6. The zero-order valence-electron chi connectivity index (χ0n) is 11.6. The monoisotopic (exact) mass is 408 g/mol. The van der Waals surface area contributed by atoms with Gasteiger partial charge >= 0.3 is 0 Å². The highest BCUT2D eigenvalue weighted by molar-refractivity contribution is 9.13. The Balaban J connectivity index is 1.89. The molecule has 19 heavy (non-hydrogen) atoms. The number of likely N-dealkylation sites (N-methyl/N-ethyl adjacent to an activating group) is 1. The van der Waals surface area contributed by atoms with Crippen LogP contribution in [-0.2, 0) is 6.54 Å². The summed E-state index contributed by atoms with van der Waals surface area (Å²) in [5.74, 6) is 0. The van der Waals surface area contributed by atoms with Crippen LogP contribution in [0.4, 0.5) is 0 Å². The van der Waals surface area contributed by atoms with Gasteiger partial charge in [-0.05, 0) is 64.9 Å². The summed E-state index contributed by atoms with van der Waals surface area (Å²) in [4.78, 5) is 3.81. The third-order valence-electron chi connectivity index (χ3n) is 4.18. The predicted octanol–water partition coefficient (Wildman–Crippen LogP) is 4.63. The highest BCUT2D eigenvalue weighted by Crippen LogP contribution is 2.33. The fourth-order valence-corrected chi connectivity index (χ4v) is 5.04. The molecule has 5 heteroatoms. The topological polar surface area (TPSA) is 15.3 Å². The van der Waals surface area contributed by atoms with E-state index in [1.807, 2.05) is 0 Å². The van der Waals surface area contributed by atoms with Crippen LogP contribution < -0.4 is 5.32 Å². The number of nitrogens with zero attached hydrogens (tertiary/aromatic N) is 1. The molecule has 0 atom stereocenters. The van der Waals surface area contributed by atoms with Gasteiger partial charge in [-0.1, -0.05) is 19.3 Å². The van der Waals surface area contributed by atoms with Gasteiger partial charge in [-0.25, -0.2) is 0 Å². The van der Waals surface area contributed by atoms with Gasteiger partial charge in [0.2, 0.25) is 0 Å². The maximum Gasteiger partial charge on any atom is 0.0843 e. The van der Waals surface area contributed by atoms with Crippen molar-refractivity contribution in [1.29, 1.82) is 0 Å². The third kappa shape index (κ3) is 4.03. The number of hydrogen-bond acceptors (Lipinski definition) is 3. The van der Waals surface area contributed by atoms with Crippen molar-refractivity contribution in [2.24, 2.45) is 0 Å². The summed E-state index contributed by atoms with van der Waals surface area (Å²) in [6.07, 6.45) is 6.79. The van der Waals surface area contributed by atoms with Crippen LogP contribution in [0.2, 0.25) is 0 Å². The fourth-order valence-electron chi connectivity index (χ4n) is 2.89. The van der Waals surface area contributed by atoms with E-state index in [0.717, 1.165) is 17.6 Å². The van der Waals surface area contributed by atoms with Gasteiger partial charge in [0.25, 0.3) is 0 Å². The molecule has 0 aromatic carbocycles. The molecule has 0 amide bonds. The van der Waals surface area contributed by atoms with E-state index in [4.69, 9.17) is 0 Å². The number of rotatable bonds is 5. The predicted molar refractivity (Wildman–Crippen MR) is 90.9 cm³/mol. The van der Waals surface area contributed by atoms with Crippen LogP contribution >= 0.6 is 43.2 Å². The van der Waals surface area contributed by atoms with Gasteiger partial charge < -0.3 is 10.2 Å². The summed E-state index contributed by atoms with van der Waals surface area (Å²) in [6, 6.07) is 2.20. The Hall–Kier alpha value is 0.580. The average Bonchev–Trinajstić information content (AvgIpc) is 2.69. The summed E-state index contributed by atoms with van der Waals surface area (Å²) in [7, 11) is 4.45. The Bertz CT molecular complexity index is 392. The van der Waals surface area contributed by atoms with Gasteiger partial charge in [0.1, 0.15) is 0 Å². The minimum atomic E-state index is 0.365. The second kappa shape index (κ2) is 7.03. The zero-order chi connectivity index (χ0) is 13.9. The lowest BCUT2D eigenvalue weighted by atomic mass is 9.80. The van der Waals surface area contributed by atoms with Crippen LogP contribution in [0.25, 0.3) is 0 Å². The molecule has 1 aromatic rings. The maximum atomic E-state index is 3.66. The molecule has 0 bridgehead atoms. The van der Waals surface area contributed by atoms with E-state index in [2.05, 4.69) is 62.2 Å². The molecule has 0 saturated heterocycles. The van der Waals surface area contributed by atoms with Crippen molar-refractivity contribution in [2.45, 2.75) is 44.2 Å². The minimum absolute atomic E-state index is 0.365. The molecule has 2 rings (SSSR count). The first-order valence-corrected chi connectivity index (χ1v) is 9.26. The van der Waals surface area contributed by atoms with Gasteiger partial charge in [-0.15, -0.1) is 11.3 Å². The van der Waals surface area contributed by atoms with Crippen molar-refractivity contribution in [3.8, 4) is 0 Å². The molecule has 0 aliphatic heterocycles. The van der Waals surface area contributed by atoms with Gasteiger partial charge in [-0.3, -0.25) is 0 Å². The summed E-state index contributed by atoms with van der Waals surface area (Å²) in [6.45, 7) is 2.05. The molecule has 1 N–H and O–H groups in total. The Morgan fingerprint density at radius 3 is 2.47 bits per heavy atom. The lowest BCUT2D eigenvalue weighted by Gasteiger charge is -2.43. The van der Waals surface area contributed by atoms with Gasteiger partial charge in [-0.2, -0.15) is 0 Å². The second-order valence-electron chi connectivity index (χ2n) is 5.62. The molecule has 108 valence electrons. The van der Waals surface area contributed by atoms with E-state index in [0.29, 0.717) is 5.54 Å². The highest BCUT2D eigenvalue weighted by atomic mass is 79.9. The molecule has 1 aliphatic rings. The molecule has 0 unspecified atom stereocenters. The summed E-state index contributed by atoms with van der Waals surface area (Å²) in [5.41, 5.74) is 0.365. The van der Waals surface area contributed by atoms with Crippen molar-refractivity contribution in [3.05, 3.63) is 19.2 Å². The first kappa shape index (κ1) is 16.0. The molecule has 2 nitrogen and oxygen atoms in total. The quantitative estimate of drug-likeness (QED) is 0.762. The normalized spacial score (nSPS) is 19.0. The number of halogens is 2. The third-order valence-corrected chi connectivity index (χ3v) is 7.44. The van der Waals surface area contributed by atoms with Crippen molar-refractivity contribution in [3.63, 3.8) is 0 Å². The van der Waals surface area contributed by atoms with Gasteiger partial charge in [0.15, 0.2) is 0 Å². The van der Waals surface area contributed by atoms with Crippen LogP contribution in [0, 0.1) is 0 Å². The SMILES string of the molecule is CN(C)C1(CNCc2cc(Br)c(Br)s2)CCCCC1. The Morgan fingerprint density at radius 1 is 1.26 bits per heavy atom. The van der Waals surface area contributed by atoms with Crippen LogP contribution in [0.15, 0.2) is 14.3 Å². The maximum absolute atomic E-state index is 3.66. The van der Waals surface area contributed by atoms with E-state index in [1.165, 1.54) is 40.8 Å². The molecule has 1 heterocycles. The van der Waals surface area contributed by atoms with E-state index in [-0.39, 0.29) is 0 Å². The Kier molecular flexibility index (Phi) is 5.90. The molecule has 1 aromatic heterocycles. The van der Waals surface area contributed by atoms with E-state index < -0.39 is 0 Å². The number of nitrogens with one attached hydrogen (secondary N) is 1. The first-order chi connectivity index (χ1) is 9.03. The molecule has 1 fully saturated rings. The van der Waals surface area contributed by atoms with Crippen LogP contribution in [0.1, 0.15) is 37.0 Å². The number of thiophene rings is 1. The standard InChI is InChI=1S/C14H22Br2N2S/c1-18(2)14(6-4-3-5-7-14)10-17-9-11-8-12(15)13(16)19-11/h8,17H,3-7,9-10H2,1-2H3. The molecule has 0 spiro atoms. The molecule has 1 aliphatic carbocycles. The van der Waals surface area contributed by atoms with Crippen molar-refractivity contribution < 1.29 is 0 Å². The van der Waals surface area contributed by atoms with Gasteiger partial charge in [0.05, 0.1) is 3.79 Å². The Morgan fingerprint density at radius 2 is 1.95 bits per heavy atom. The summed E-state index contributed by atoms with van der Waals surface area (Å²) < 4.78 is 2.35. The highest BCUT2D eigenvalue weighted by Gasteiger charge is 2.33. The summed E-state index contributed by atoms with van der Waals surface area (Å²) in [5, 5.41) is 3.66. The molecular formula is C14H22Br2N2S. The van der Waals surface area contributed by atoms with E-state index >= 15 is 0 Å². The fraction of sp³-hybridized carbons (Fsp3) is 0.714. The second-order valence-corrected chi connectivity index (χ2v) is 8.93. The first-order valence-electron chi connectivity index (χ1n) is 6.85. The average molecular weight is 410 g/mol. The molecule has 1 saturated carbocycles. The molecule has 0 radical (unpaired) electrons.